The molecule has 2 aromatic rings. The molecule has 1 aliphatic heterocycles. The molecular formula is C21H26N4O6S. The standard InChI is InChI=1S/C21H26N4O6S/c1-15(26)22-14-16-9-11-24(12-10-16)19-8-7-17(25(27)28)13-21(19)32(29,30)23-18-5-3-4-6-20(18)31-2/h3-8,13,16,23H,9-12,14H2,1-2H3,(H,22,26). The van der Waals surface area contributed by atoms with E-state index < -0.39 is 14.9 Å². The smallest absolute Gasteiger partial charge is 0.270 e. The lowest BCUT2D eigenvalue weighted by Gasteiger charge is -2.34. The van der Waals surface area contributed by atoms with Crippen molar-refractivity contribution in [2.24, 2.45) is 5.92 Å². The quantitative estimate of drug-likeness (QED) is 0.455. The molecule has 172 valence electrons. The topological polar surface area (TPSA) is 131 Å². The van der Waals surface area contributed by atoms with Crippen LogP contribution < -0.4 is 19.7 Å². The van der Waals surface area contributed by atoms with Crippen LogP contribution in [0.25, 0.3) is 0 Å². The molecular weight excluding hydrogens is 436 g/mol. The summed E-state index contributed by atoms with van der Waals surface area (Å²) in [7, 11) is -2.72. The number of anilines is 2. The molecule has 10 nitrogen and oxygen atoms in total. The van der Waals surface area contributed by atoms with Crippen molar-refractivity contribution in [2.45, 2.75) is 24.7 Å². The van der Waals surface area contributed by atoms with Crippen molar-refractivity contribution in [2.75, 3.05) is 36.4 Å². The fourth-order valence-electron chi connectivity index (χ4n) is 3.69. The normalized spacial score (nSPS) is 14.6. The zero-order valence-electron chi connectivity index (χ0n) is 17.9. The number of piperidine rings is 1. The number of ether oxygens (including phenoxy) is 1. The van der Waals surface area contributed by atoms with Gasteiger partial charge < -0.3 is 15.0 Å². The maximum absolute atomic E-state index is 13.3. The van der Waals surface area contributed by atoms with Crippen LogP contribution in [0, 0.1) is 16.0 Å². The molecule has 1 fully saturated rings. The molecule has 32 heavy (non-hydrogen) atoms. The van der Waals surface area contributed by atoms with E-state index in [1.54, 1.807) is 24.3 Å². The van der Waals surface area contributed by atoms with Crippen molar-refractivity contribution in [1.29, 1.82) is 0 Å². The molecule has 0 aliphatic carbocycles. The van der Waals surface area contributed by atoms with Gasteiger partial charge in [0.25, 0.3) is 15.7 Å². The van der Waals surface area contributed by atoms with Gasteiger partial charge in [-0.2, -0.15) is 0 Å². The number of sulfonamides is 1. The van der Waals surface area contributed by atoms with Gasteiger partial charge in [0.15, 0.2) is 0 Å². The van der Waals surface area contributed by atoms with E-state index in [9.17, 15) is 23.3 Å². The maximum atomic E-state index is 13.3. The number of non-ortho nitro benzene ring substituents is 1. The molecule has 0 unspecified atom stereocenters. The van der Waals surface area contributed by atoms with Crippen LogP contribution in [0.2, 0.25) is 0 Å². The number of nitrogens with one attached hydrogen (secondary N) is 2. The largest absolute Gasteiger partial charge is 0.495 e. The van der Waals surface area contributed by atoms with E-state index in [4.69, 9.17) is 4.74 Å². The molecule has 0 bridgehead atoms. The van der Waals surface area contributed by atoms with Crippen molar-refractivity contribution in [3.63, 3.8) is 0 Å². The first-order valence-corrected chi connectivity index (χ1v) is 11.6. The van der Waals surface area contributed by atoms with Gasteiger partial charge >= 0.3 is 0 Å². The van der Waals surface area contributed by atoms with Crippen molar-refractivity contribution >= 4 is 33.0 Å². The zero-order chi connectivity index (χ0) is 23.3. The van der Waals surface area contributed by atoms with E-state index in [-0.39, 0.29) is 22.2 Å². The second-order valence-electron chi connectivity index (χ2n) is 7.58. The second kappa shape index (κ2) is 9.86. The van der Waals surface area contributed by atoms with Crippen LogP contribution in [0.5, 0.6) is 5.75 Å². The Balaban J connectivity index is 1.90. The lowest BCUT2D eigenvalue weighted by molar-refractivity contribution is -0.385. The lowest BCUT2D eigenvalue weighted by atomic mass is 9.96. The van der Waals surface area contributed by atoms with E-state index in [2.05, 4.69) is 10.0 Å². The van der Waals surface area contributed by atoms with Crippen LogP contribution in [0.4, 0.5) is 17.1 Å². The van der Waals surface area contributed by atoms with Gasteiger partial charge in [-0.25, -0.2) is 8.42 Å². The minimum absolute atomic E-state index is 0.0846. The summed E-state index contributed by atoms with van der Waals surface area (Å²) in [6, 6.07) is 10.4. The van der Waals surface area contributed by atoms with Crippen LogP contribution in [0.3, 0.4) is 0 Å². The highest BCUT2D eigenvalue weighted by molar-refractivity contribution is 7.93. The highest BCUT2D eigenvalue weighted by atomic mass is 32.2. The van der Waals surface area contributed by atoms with Gasteiger partial charge in [0, 0.05) is 38.7 Å². The maximum Gasteiger partial charge on any atom is 0.270 e. The van der Waals surface area contributed by atoms with Crippen molar-refractivity contribution in [3.05, 3.63) is 52.6 Å². The fourth-order valence-corrected chi connectivity index (χ4v) is 5.00. The number of nitro groups is 1. The zero-order valence-corrected chi connectivity index (χ0v) is 18.7. The van der Waals surface area contributed by atoms with Gasteiger partial charge in [-0.05, 0) is 37.0 Å². The summed E-state index contributed by atoms with van der Waals surface area (Å²) in [5, 5.41) is 14.1. The van der Waals surface area contributed by atoms with Crippen molar-refractivity contribution in [1.82, 2.24) is 5.32 Å². The predicted molar refractivity (Wildman–Crippen MR) is 121 cm³/mol. The molecule has 11 heteroatoms. The summed E-state index contributed by atoms with van der Waals surface area (Å²) >= 11 is 0. The average molecular weight is 463 g/mol. The molecule has 1 heterocycles. The molecule has 0 atom stereocenters. The number of benzene rings is 2. The molecule has 1 aliphatic rings. The Morgan fingerprint density at radius 1 is 1.22 bits per heavy atom. The molecule has 0 aromatic heterocycles. The number of carbonyl (C=O) groups excluding carboxylic acids is 1. The number of nitrogens with zero attached hydrogens (tertiary/aromatic N) is 2. The summed E-state index contributed by atoms with van der Waals surface area (Å²) in [6.07, 6.45) is 1.52. The van der Waals surface area contributed by atoms with Crippen LogP contribution in [-0.4, -0.2) is 46.0 Å². The second-order valence-corrected chi connectivity index (χ2v) is 9.23. The first kappa shape index (κ1) is 23.3. The Kier molecular flexibility index (Phi) is 7.18. The molecule has 2 aromatic carbocycles. The molecule has 0 radical (unpaired) electrons. The molecule has 0 saturated carbocycles. The summed E-state index contributed by atoms with van der Waals surface area (Å²) in [5.41, 5.74) is 0.326. The van der Waals surface area contributed by atoms with Gasteiger partial charge in [0.1, 0.15) is 10.6 Å². The molecule has 1 amide bonds. The van der Waals surface area contributed by atoms with Gasteiger partial charge in [-0.1, -0.05) is 12.1 Å². The fraction of sp³-hybridized carbons (Fsp3) is 0.381. The summed E-state index contributed by atoms with van der Waals surface area (Å²) < 4.78 is 34.3. The highest BCUT2D eigenvalue weighted by Gasteiger charge is 2.28. The molecule has 3 rings (SSSR count). The number of nitro benzene ring substituents is 1. The molecule has 1 saturated heterocycles. The SMILES string of the molecule is COc1ccccc1NS(=O)(=O)c1cc([N+](=O)[O-])ccc1N1CCC(CNC(C)=O)CC1. The Morgan fingerprint density at radius 2 is 1.91 bits per heavy atom. The number of hydrogen-bond acceptors (Lipinski definition) is 7. The Hall–Kier alpha value is -3.34. The molecule has 2 N–H and O–H groups in total. The third kappa shape index (κ3) is 5.47. The third-order valence-corrected chi connectivity index (χ3v) is 6.78. The Morgan fingerprint density at radius 3 is 2.53 bits per heavy atom. The van der Waals surface area contributed by atoms with E-state index in [1.807, 2.05) is 4.90 Å². The van der Waals surface area contributed by atoms with E-state index >= 15 is 0 Å². The van der Waals surface area contributed by atoms with Gasteiger partial charge in [0.05, 0.1) is 23.4 Å². The first-order chi connectivity index (χ1) is 15.2. The number of rotatable bonds is 8. The number of carbonyl (C=O) groups is 1. The van der Waals surface area contributed by atoms with Crippen molar-refractivity contribution < 1.29 is 22.9 Å². The highest BCUT2D eigenvalue weighted by Crippen LogP contribution is 2.34. The number of hydrogen-bond donors (Lipinski definition) is 2. The van der Waals surface area contributed by atoms with E-state index in [0.717, 1.165) is 18.9 Å². The van der Waals surface area contributed by atoms with Gasteiger partial charge in [-0.3, -0.25) is 19.6 Å². The van der Waals surface area contributed by atoms with Crippen LogP contribution in [0.1, 0.15) is 19.8 Å². The summed E-state index contributed by atoms with van der Waals surface area (Å²) in [6.45, 7) is 3.18. The number of methoxy groups -OCH3 is 1. The Bertz CT molecular complexity index is 1100. The summed E-state index contributed by atoms with van der Waals surface area (Å²) in [5.74, 6) is 0.542. The monoisotopic (exact) mass is 462 g/mol. The van der Waals surface area contributed by atoms with Crippen LogP contribution >= 0.6 is 0 Å². The Labute approximate surface area is 186 Å². The lowest BCUT2D eigenvalue weighted by Crippen LogP contribution is -2.38. The van der Waals surface area contributed by atoms with Gasteiger partial charge in [-0.15, -0.1) is 0 Å². The minimum Gasteiger partial charge on any atom is -0.495 e. The van der Waals surface area contributed by atoms with E-state index in [1.165, 1.54) is 26.2 Å². The predicted octanol–water partition coefficient (Wildman–Crippen LogP) is 2.76. The van der Waals surface area contributed by atoms with Crippen LogP contribution in [0.15, 0.2) is 47.4 Å². The van der Waals surface area contributed by atoms with E-state index in [0.29, 0.717) is 37.0 Å². The average Bonchev–Trinajstić information content (AvgIpc) is 2.77. The van der Waals surface area contributed by atoms with Crippen LogP contribution in [-0.2, 0) is 14.8 Å². The number of amides is 1. The molecule has 0 spiro atoms. The number of para-hydroxylation sites is 2. The minimum atomic E-state index is -4.15. The van der Waals surface area contributed by atoms with Gasteiger partial charge in [0.2, 0.25) is 5.91 Å². The third-order valence-electron chi connectivity index (χ3n) is 5.39. The van der Waals surface area contributed by atoms with Crippen molar-refractivity contribution in [3.8, 4) is 5.75 Å². The summed E-state index contributed by atoms with van der Waals surface area (Å²) in [4.78, 5) is 23.6. The first-order valence-electron chi connectivity index (χ1n) is 10.1.